The number of benzene rings is 1. The Morgan fingerprint density at radius 3 is 2.55 bits per heavy atom. The number of rotatable bonds is 6. The highest BCUT2D eigenvalue weighted by atomic mass is 16.6. The first kappa shape index (κ1) is 15.7. The number of carbonyl (C=O) groups is 1. The summed E-state index contributed by atoms with van der Waals surface area (Å²) in [6, 6.07) is 5.17. The number of esters is 1. The van der Waals surface area contributed by atoms with Crippen molar-refractivity contribution in [1.82, 2.24) is 0 Å². The highest BCUT2D eigenvalue weighted by Crippen LogP contribution is 2.30. The Labute approximate surface area is 117 Å². The third kappa shape index (κ3) is 4.38. The molecule has 0 unspecified atom stereocenters. The van der Waals surface area contributed by atoms with E-state index in [0.29, 0.717) is 11.3 Å². The van der Waals surface area contributed by atoms with Crippen LogP contribution in [0.1, 0.15) is 26.3 Å². The van der Waals surface area contributed by atoms with Gasteiger partial charge in [0.15, 0.2) is 5.75 Å². The van der Waals surface area contributed by atoms with Crippen molar-refractivity contribution in [1.29, 1.82) is 0 Å². The maximum atomic E-state index is 11.2. The van der Waals surface area contributed by atoms with Crippen molar-refractivity contribution in [2.24, 2.45) is 0 Å². The summed E-state index contributed by atoms with van der Waals surface area (Å²) >= 11 is 0. The van der Waals surface area contributed by atoms with E-state index in [9.17, 15) is 14.9 Å². The molecule has 0 bridgehead atoms. The second kappa shape index (κ2) is 7.28. The molecular formula is C14H18N2O4. The zero-order valence-corrected chi connectivity index (χ0v) is 11.8. The van der Waals surface area contributed by atoms with E-state index in [2.05, 4.69) is 0 Å². The lowest BCUT2D eigenvalue weighted by molar-refractivity contribution is -0.400. The van der Waals surface area contributed by atoms with Crippen molar-refractivity contribution < 1.29 is 14.5 Å². The topological polar surface area (TPSA) is 72.7 Å². The molecule has 1 aromatic carbocycles. The van der Waals surface area contributed by atoms with Crippen LogP contribution in [0.2, 0.25) is 0 Å². The summed E-state index contributed by atoms with van der Waals surface area (Å²) in [7, 11) is 0. The number of ether oxygens (including phenoxy) is 1. The molecule has 0 aromatic heterocycles. The highest BCUT2D eigenvalue weighted by molar-refractivity contribution is 5.74. The van der Waals surface area contributed by atoms with Crippen molar-refractivity contribution in [3.8, 4) is 5.75 Å². The molecule has 0 atom stereocenters. The van der Waals surface area contributed by atoms with Crippen LogP contribution in [0.15, 0.2) is 24.4 Å². The Bertz CT molecular complexity index is 522. The zero-order valence-electron chi connectivity index (χ0n) is 11.8. The number of nitrogens with zero attached hydrogens (tertiary/aromatic N) is 2. The molecule has 1 aromatic rings. The van der Waals surface area contributed by atoms with Crippen molar-refractivity contribution in [2.75, 3.05) is 18.0 Å². The van der Waals surface area contributed by atoms with Gasteiger partial charge in [0.1, 0.15) is 0 Å². The number of carbonyl (C=O) groups excluding carboxylic acids is 1. The second-order valence-electron chi connectivity index (χ2n) is 4.09. The van der Waals surface area contributed by atoms with Crippen LogP contribution in [0.4, 0.5) is 5.69 Å². The van der Waals surface area contributed by atoms with Crippen LogP contribution >= 0.6 is 0 Å². The predicted octanol–water partition coefficient (Wildman–Crippen LogP) is 2.71. The third-order valence-electron chi connectivity index (χ3n) is 2.73. The maximum absolute atomic E-state index is 11.2. The van der Waals surface area contributed by atoms with E-state index in [1.165, 1.54) is 13.0 Å². The minimum atomic E-state index is -0.538. The molecule has 20 heavy (non-hydrogen) atoms. The molecule has 0 fully saturated rings. The smallest absolute Gasteiger partial charge is 0.308 e. The van der Waals surface area contributed by atoms with Gasteiger partial charge in [-0.3, -0.25) is 14.9 Å². The van der Waals surface area contributed by atoms with Crippen LogP contribution in [0.5, 0.6) is 5.75 Å². The van der Waals surface area contributed by atoms with Crippen LogP contribution in [0.25, 0.3) is 6.08 Å². The van der Waals surface area contributed by atoms with E-state index in [1.54, 1.807) is 18.2 Å². The van der Waals surface area contributed by atoms with Crippen molar-refractivity contribution >= 4 is 17.7 Å². The first-order chi connectivity index (χ1) is 9.47. The van der Waals surface area contributed by atoms with Gasteiger partial charge < -0.3 is 9.64 Å². The summed E-state index contributed by atoms with van der Waals surface area (Å²) in [6.45, 7) is 6.87. The fourth-order valence-electron chi connectivity index (χ4n) is 1.84. The Morgan fingerprint density at radius 2 is 2.05 bits per heavy atom. The summed E-state index contributed by atoms with van der Waals surface area (Å²) in [5.41, 5.74) is 1.40. The van der Waals surface area contributed by atoms with Gasteiger partial charge in [0.25, 0.3) is 0 Å². The third-order valence-corrected chi connectivity index (χ3v) is 2.73. The summed E-state index contributed by atoms with van der Waals surface area (Å²) in [6.07, 6.45) is 2.21. The van der Waals surface area contributed by atoms with Crippen LogP contribution in [-0.4, -0.2) is 24.0 Å². The maximum Gasteiger partial charge on any atom is 0.308 e. The second-order valence-corrected chi connectivity index (χ2v) is 4.09. The largest absolute Gasteiger partial charge is 0.424 e. The molecule has 0 radical (unpaired) electrons. The molecule has 1 rings (SSSR count). The monoisotopic (exact) mass is 278 g/mol. The molecule has 0 amide bonds. The molecule has 108 valence electrons. The average Bonchev–Trinajstić information content (AvgIpc) is 2.39. The Kier molecular flexibility index (Phi) is 5.71. The quantitative estimate of drug-likeness (QED) is 0.346. The predicted molar refractivity (Wildman–Crippen MR) is 77.3 cm³/mol. The van der Waals surface area contributed by atoms with E-state index in [-0.39, 0.29) is 0 Å². The lowest BCUT2D eigenvalue weighted by Crippen LogP contribution is -2.23. The van der Waals surface area contributed by atoms with Crippen LogP contribution in [0.3, 0.4) is 0 Å². The number of hydrogen-bond donors (Lipinski definition) is 0. The minimum Gasteiger partial charge on any atom is -0.424 e. The molecule has 6 heteroatoms. The summed E-state index contributed by atoms with van der Waals surface area (Å²) in [5, 5.41) is 10.3. The van der Waals surface area contributed by atoms with Gasteiger partial charge in [0, 0.05) is 26.1 Å². The highest BCUT2D eigenvalue weighted by Gasteiger charge is 2.12. The average molecular weight is 278 g/mol. The Hall–Kier alpha value is -2.37. The molecule has 0 saturated carbocycles. The minimum absolute atomic E-state index is 0.409. The molecule has 6 nitrogen and oxygen atoms in total. The SMILES string of the molecule is CCN(CC)c1ccc(C=C[N+](=O)[O-])cc1OC(C)=O. The van der Waals surface area contributed by atoms with Gasteiger partial charge in [-0.1, -0.05) is 6.07 Å². The normalized spacial score (nSPS) is 10.6. The number of nitro groups is 1. The van der Waals surface area contributed by atoms with E-state index in [0.717, 1.165) is 25.0 Å². The van der Waals surface area contributed by atoms with Crippen LogP contribution in [-0.2, 0) is 4.79 Å². The summed E-state index contributed by atoms with van der Waals surface area (Å²) < 4.78 is 5.19. The van der Waals surface area contributed by atoms with Crippen molar-refractivity contribution in [2.45, 2.75) is 20.8 Å². The standard InChI is InChI=1S/C14H18N2O4/c1-4-15(5-2)13-7-6-12(8-9-16(18)19)10-14(13)20-11(3)17/h6-10H,4-5H2,1-3H3. The van der Waals surface area contributed by atoms with Gasteiger partial charge in [0.05, 0.1) is 10.6 Å². The van der Waals surface area contributed by atoms with Gasteiger partial charge in [-0.2, -0.15) is 0 Å². The van der Waals surface area contributed by atoms with E-state index in [4.69, 9.17) is 4.74 Å². The molecule has 0 saturated heterocycles. The molecule has 0 aliphatic carbocycles. The molecule has 0 spiro atoms. The van der Waals surface area contributed by atoms with Gasteiger partial charge >= 0.3 is 5.97 Å². The van der Waals surface area contributed by atoms with Gasteiger partial charge in [-0.15, -0.1) is 0 Å². The van der Waals surface area contributed by atoms with Crippen molar-refractivity contribution in [3.05, 3.63) is 40.1 Å². The first-order valence-corrected chi connectivity index (χ1v) is 6.37. The molecule has 0 aliphatic heterocycles. The number of hydrogen-bond acceptors (Lipinski definition) is 5. The van der Waals surface area contributed by atoms with Gasteiger partial charge in [0.2, 0.25) is 6.20 Å². The lowest BCUT2D eigenvalue weighted by atomic mass is 10.1. The first-order valence-electron chi connectivity index (χ1n) is 6.37. The molecule has 0 heterocycles. The van der Waals surface area contributed by atoms with E-state index in [1.807, 2.05) is 18.7 Å². The Morgan fingerprint density at radius 1 is 1.40 bits per heavy atom. The Balaban J connectivity index is 3.18. The molecule has 0 aliphatic rings. The van der Waals surface area contributed by atoms with Crippen molar-refractivity contribution in [3.63, 3.8) is 0 Å². The lowest BCUT2D eigenvalue weighted by Gasteiger charge is -2.23. The zero-order chi connectivity index (χ0) is 15.1. The van der Waals surface area contributed by atoms with E-state index < -0.39 is 10.9 Å². The van der Waals surface area contributed by atoms with Crippen LogP contribution < -0.4 is 9.64 Å². The fourth-order valence-corrected chi connectivity index (χ4v) is 1.84. The number of anilines is 1. The summed E-state index contributed by atoms with van der Waals surface area (Å²) in [4.78, 5) is 23.0. The fraction of sp³-hybridized carbons (Fsp3) is 0.357. The summed E-state index contributed by atoms with van der Waals surface area (Å²) in [5.74, 6) is -0.0134. The van der Waals surface area contributed by atoms with Gasteiger partial charge in [-0.05, 0) is 31.5 Å². The molecule has 0 N–H and O–H groups in total. The van der Waals surface area contributed by atoms with Crippen LogP contribution in [0, 0.1) is 10.1 Å². The van der Waals surface area contributed by atoms with Gasteiger partial charge in [-0.25, -0.2) is 0 Å². The molecular weight excluding hydrogens is 260 g/mol. The van der Waals surface area contributed by atoms with E-state index >= 15 is 0 Å².